The largest absolute Gasteiger partial charge is 0.465 e. The summed E-state index contributed by atoms with van der Waals surface area (Å²) in [6.45, 7) is 0.984. The van der Waals surface area contributed by atoms with Crippen molar-refractivity contribution in [3.8, 4) is 0 Å². The Hall–Kier alpha value is -2.37. The lowest BCUT2D eigenvalue weighted by molar-refractivity contribution is 0.0533. The third kappa shape index (κ3) is 2.68. The second kappa shape index (κ2) is 5.79. The van der Waals surface area contributed by atoms with Gasteiger partial charge in [0.2, 0.25) is 0 Å². The molecule has 1 fully saturated rings. The number of fused-ring (bicyclic) bond motifs is 1. The predicted octanol–water partition coefficient (Wildman–Crippen LogP) is 2.90. The average Bonchev–Trinajstić information content (AvgIpc) is 2.89. The number of hydrogen-bond acceptors (Lipinski definition) is 3. The lowest BCUT2D eigenvalue weighted by Gasteiger charge is -2.28. The van der Waals surface area contributed by atoms with Gasteiger partial charge in [0.15, 0.2) is 0 Å². The molecule has 0 aromatic heterocycles. The number of piperidine rings is 1. The second-order valence-corrected chi connectivity index (χ2v) is 5.54. The maximum absolute atomic E-state index is 14.3. The van der Waals surface area contributed by atoms with Crippen LogP contribution >= 0.6 is 0 Å². The second-order valence-electron chi connectivity index (χ2n) is 5.54. The van der Waals surface area contributed by atoms with Crippen molar-refractivity contribution in [2.45, 2.75) is 19.4 Å². The van der Waals surface area contributed by atoms with Crippen molar-refractivity contribution in [3.63, 3.8) is 0 Å². The van der Waals surface area contributed by atoms with Crippen LogP contribution in [0.15, 0.2) is 18.2 Å². The number of rotatable bonds is 2. The van der Waals surface area contributed by atoms with Crippen molar-refractivity contribution in [2.24, 2.45) is 5.92 Å². The zero-order valence-corrected chi connectivity index (χ0v) is 11.9. The molecule has 2 aliphatic heterocycles. The first kappa shape index (κ1) is 14.6. The number of carboxylic acid groups (broad SMARTS) is 1. The van der Waals surface area contributed by atoms with Gasteiger partial charge < -0.3 is 14.7 Å². The summed E-state index contributed by atoms with van der Waals surface area (Å²) in [7, 11) is 0. The summed E-state index contributed by atoms with van der Waals surface area (Å²) in [5.41, 5.74) is 1.04. The molecule has 1 N–H and O–H groups in total. The summed E-state index contributed by atoms with van der Waals surface area (Å²) in [6, 6.07) is 3.16. The van der Waals surface area contributed by atoms with Gasteiger partial charge in [-0.1, -0.05) is 18.2 Å². The molecule has 6 heteroatoms. The Balaban J connectivity index is 1.69. The van der Waals surface area contributed by atoms with Crippen molar-refractivity contribution in [1.29, 1.82) is 0 Å². The van der Waals surface area contributed by atoms with Crippen molar-refractivity contribution < 1.29 is 23.8 Å². The normalized spacial score (nSPS) is 18.6. The number of cyclic esters (lactones) is 1. The van der Waals surface area contributed by atoms with Crippen molar-refractivity contribution in [3.05, 3.63) is 40.7 Å². The number of esters is 1. The zero-order chi connectivity index (χ0) is 15.7. The first-order valence-corrected chi connectivity index (χ1v) is 7.21. The van der Waals surface area contributed by atoms with E-state index in [4.69, 9.17) is 9.84 Å². The van der Waals surface area contributed by atoms with E-state index in [1.54, 1.807) is 18.2 Å². The molecule has 0 aliphatic carbocycles. The highest BCUT2D eigenvalue weighted by atomic mass is 19.1. The van der Waals surface area contributed by atoms with Crippen molar-refractivity contribution in [2.75, 3.05) is 13.1 Å². The Morgan fingerprint density at radius 1 is 1.36 bits per heavy atom. The number of amides is 1. The maximum atomic E-state index is 14.3. The van der Waals surface area contributed by atoms with Gasteiger partial charge in [-0.2, -0.15) is 0 Å². The van der Waals surface area contributed by atoms with Gasteiger partial charge in [-0.15, -0.1) is 0 Å². The van der Waals surface area contributed by atoms with E-state index in [2.05, 4.69) is 0 Å². The molecule has 22 heavy (non-hydrogen) atoms. The van der Waals surface area contributed by atoms with Crippen LogP contribution in [-0.4, -0.2) is 35.2 Å². The van der Waals surface area contributed by atoms with Gasteiger partial charge in [0.25, 0.3) is 0 Å². The van der Waals surface area contributed by atoms with Crippen LogP contribution in [0.5, 0.6) is 0 Å². The lowest BCUT2D eigenvalue weighted by Crippen LogP contribution is -2.36. The van der Waals surface area contributed by atoms with E-state index >= 15 is 0 Å². The highest BCUT2D eigenvalue weighted by molar-refractivity contribution is 5.93. The fraction of sp³-hybridized carbons (Fsp3) is 0.375. The van der Waals surface area contributed by atoms with Crippen LogP contribution in [0.25, 0.3) is 6.08 Å². The van der Waals surface area contributed by atoms with Gasteiger partial charge in [-0.05, 0) is 24.8 Å². The molecule has 3 rings (SSSR count). The fourth-order valence-corrected chi connectivity index (χ4v) is 2.84. The number of likely N-dealkylation sites (tertiary alicyclic amines) is 1. The molecule has 1 saturated heterocycles. The van der Waals surface area contributed by atoms with E-state index in [9.17, 15) is 14.0 Å². The molecule has 1 aromatic rings. The predicted molar refractivity (Wildman–Crippen MR) is 76.9 cm³/mol. The number of halogens is 1. The van der Waals surface area contributed by atoms with Crippen LogP contribution in [0.1, 0.15) is 34.3 Å². The molecule has 1 amide bonds. The molecule has 5 nitrogen and oxygen atoms in total. The summed E-state index contributed by atoms with van der Waals surface area (Å²) in [5, 5.41) is 8.90. The number of nitrogens with zero attached hydrogens (tertiary/aromatic N) is 1. The summed E-state index contributed by atoms with van der Waals surface area (Å²) in [6.07, 6.45) is 4.20. The number of carbonyl (C=O) groups excluding carboxylic acids is 1. The third-order valence-electron chi connectivity index (χ3n) is 4.20. The minimum Gasteiger partial charge on any atom is -0.465 e. The van der Waals surface area contributed by atoms with E-state index in [-0.39, 0.29) is 12.5 Å². The fourth-order valence-electron chi connectivity index (χ4n) is 2.84. The van der Waals surface area contributed by atoms with Gasteiger partial charge in [-0.25, -0.2) is 14.0 Å². The molecule has 0 spiro atoms. The molecule has 116 valence electrons. The van der Waals surface area contributed by atoms with Gasteiger partial charge in [0.1, 0.15) is 12.4 Å². The summed E-state index contributed by atoms with van der Waals surface area (Å²) in [4.78, 5) is 23.6. The Kier molecular flexibility index (Phi) is 3.83. The van der Waals surface area contributed by atoms with Crippen LogP contribution < -0.4 is 0 Å². The minimum atomic E-state index is -0.892. The molecule has 1 aromatic carbocycles. The van der Waals surface area contributed by atoms with E-state index < -0.39 is 17.9 Å². The number of ether oxygens (including phenoxy) is 1. The van der Waals surface area contributed by atoms with E-state index in [0.717, 1.165) is 12.8 Å². The van der Waals surface area contributed by atoms with E-state index in [1.807, 2.05) is 6.08 Å². The number of carbonyl (C=O) groups is 2. The molecule has 0 saturated carbocycles. The average molecular weight is 305 g/mol. The quantitative estimate of drug-likeness (QED) is 0.853. The van der Waals surface area contributed by atoms with Crippen LogP contribution in [0.2, 0.25) is 0 Å². The van der Waals surface area contributed by atoms with Gasteiger partial charge in [0, 0.05) is 24.2 Å². The van der Waals surface area contributed by atoms with Crippen molar-refractivity contribution >= 4 is 18.1 Å². The van der Waals surface area contributed by atoms with Crippen LogP contribution in [0.4, 0.5) is 9.18 Å². The topological polar surface area (TPSA) is 66.8 Å². The summed E-state index contributed by atoms with van der Waals surface area (Å²) >= 11 is 0. The highest BCUT2D eigenvalue weighted by Crippen LogP contribution is 2.27. The standard InChI is InChI=1S/C16H16FNO4/c17-14-11(3-4-12-13(14)9-22-15(12)19)2-1-10-5-7-18(8-6-10)16(20)21/h1-4,10H,5-9H2,(H,20,21). The lowest BCUT2D eigenvalue weighted by atomic mass is 9.95. The maximum Gasteiger partial charge on any atom is 0.407 e. The molecule has 0 radical (unpaired) electrons. The Bertz CT molecular complexity index is 648. The van der Waals surface area contributed by atoms with Crippen LogP contribution in [-0.2, 0) is 11.3 Å². The number of benzene rings is 1. The van der Waals surface area contributed by atoms with Gasteiger partial charge in [-0.3, -0.25) is 0 Å². The molecular formula is C16H16FNO4. The first-order valence-electron chi connectivity index (χ1n) is 7.21. The SMILES string of the molecule is O=C1OCc2c1ccc(C=CC1CCN(C(=O)O)CC1)c2F. The summed E-state index contributed by atoms with van der Waals surface area (Å²) < 4.78 is 19.1. The number of hydrogen-bond donors (Lipinski definition) is 1. The van der Waals surface area contributed by atoms with Gasteiger partial charge in [0.05, 0.1) is 5.56 Å². The van der Waals surface area contributed by atoms with E-state index in [0.29, 0.717) is 29.8 Å². The molecular weight excluding hydrogens is 289 g/mol. The monoisotopic (exact) mass is 305 g/mol. The molecule has 0 unspecified atom stereocenters. The Morgan fingerprint density at radius 2 is 2.09 bits per heavy atom. The van der Waals surface area contributed by atoms with Gasteiger partial charge >= 0.3 is 12.1 Å². The smallest absolute Gasteiger partial charge is 0.407 e. The molecule has 2 aliphatic rings. The van der Waals surface area contributed by atoms with Crippen molar-refractivity contribution in [1.82, 2.24) is 4.90 Å². The highest BCUT2D eigenvalue weighted by Gasteiger charge is 2.25. The zero-order valence-electron chi connectivity index (χ0n) is 11.9. The first-order chi connectivity index (χ1) is 10.6. The van der Waals surface area contributed by atoms with Crippen LogP contribution in [0.3, 0.4) is 0 Å². The Labute approximate surface area is 127 Å². The molecule has 0 bridgehead atoms. The third-order valence-corrected chi connectivity index (χ3v) is 4.20. The molecule has 2 heterocycles. The molecule has 0 atom stereocenters. The van der Waals surface area contributed by atoms with Crippen LogP contribution in [0, 0.1) is 11.7 Å². The van der Waals surface area contributed by atoms with E-state index in [1.165, 1.54) is 4.90 Å². The summed E-state index contributed by atoms with van der Waals surface area (Å²) in [5.74, 6) is -0.658. The Morgan fingerprint density at radius 3 is 2.77 bits per heavy atom. The minimum absolute atomic E-state index is 0.0152. The number of allylic oxidation sites excluding steroid dienone is 1.